The van der Waals surface area contributed by atoms with Crippen molar-refractivity contribution in [2.45, 2.75) is 6.92 Å². The number of aromatic nitrogens is 1. The summed E-state index contributed by atoms with van der Waals surface area (Å²) in [5.74, 6) is 0.752. The average Bonchev–Trinajstić information content (AvgIpc) is 3.16. The predicted molar refractivity (Wildman–Crippen MR) is 115 cm³/mol. The molecule has 0 saturated carbocycles. The van der Waals surface area contributed by atoms with Gasteiger partial charge in [0.2, 0.25) is 5.91 Å². The van der Waals surface area contributed by atoms with Gasteiger partial charge in [0.15, 0.2) is 22.4 Å². The van der Waals surface area contributed by atoms with Gasteiger partial charge in [-0.2, -0.15) is 0 Å². The number of nitrogens with one attached hydrogen (secondary N) is 1. The van der Waals surface area contributed by atoms with E-state index in [1.54, 1.807) is 32.4 Å². The number of anilines is 1. The summed E-state index contributed by atoms with van der Waals surface area (Å²) in [6.07, 6.45) is 3.06. The van der Waals surface area contributed by atoms with Crippen LogP contribution in [0.1, 0.15) is 22.2 Å². The van der Waals surface area contributed by atoms with Gasteiger partial charge in [0.05, 0.1) is 24.8 Å². The molecule has 0 radical (unpaired) electrons. The van der Waals surface area contributed by atoms with Gasteiger partial charge < -0.3 is 9.47 Å². The molecular formula is C22H20N2O4S. The number of hydrogen-bond acceptors (Lipinski definition) is 6. The highest BCUT2D eigenvalue weighted by Gasteiger charge is 2.17. The smallest absolute Gasteiger partial charge is 0.250 e. The number of rotatable bonds is 7. The molecule has 1 aromatic heterocycles. The Morgan fingerprint density at radius 1 is 1.03 bits per heavy atom. The van der Waals surface area contributed by atoms with E-state index in [0.29, 0.717) is 27.2 Å². The van der Waals surface area contributed by atoms with E-state index in [1.165, 1.54) is 13.0 Å². The topological polar surface area (TPSA) is 77.5 Å². The molecule has 7 heteroatoms. The number of benzene rings is 2. The van der Waals surface area contributed by atoms with E-state index in [2.05, 4.69) is 10.3 Å². The largest absolute Gasteiger partial charge is 0.493 e. The van der Waals surface area contributed by atoms with E-state index in [1.807, 2.05) is 36.4 Å². The van der Waals surface area contributed by atoms with Crippen LogP contribution in [0.5, 0.6) is 11.5 Å². The maximum Gasteiger partial charge on any atom is 0.250 e. The number of nitrogens with zero attached hydrogens (tertiary/aromatic N) is 1. The van der Waals surface area contributed by atoms with E-state index in [-0.39, 0.29) is 11.7 Å². The summed E-state index contributed by atoms with van der Waals surface area (Å²) in [6, 6.07) is 14.8. The lowest BCUT2D eigenvalue weighted by Gasteiger charge is -2.07. The van der Waals surface area contributed by atoms with Crippen LogP contribution in [0.4, 0.5) is 5.13 Å². The summed E-state index contributed by atoms with van der Waals surface area (Å²) in [4.78, 5) is 29.3. The monoisotopic (exact) mass is 408 g/mol. The first-order valence-electron chi connectivity index (χ1n) is 8.80. The first-order chi connectivity index (χ1) is 14.0. The third kappa shape index (κ3) is 4.89. The molecule has 1 N–H and O–H groups in total. The Bertz CT molecular complexity index is 1060. The Labute approximate surface area is 172 Å². The third-order valence-electron chi connectivity index (χ3n) is 4.06. The van der Waals surface area contributed by atoms with Crippen molar-refractivity contribution in [2.75, 3.05) is 19.5 Å². The van der Waals surface area contributed by atoms with Crippen LogP contribution in [0.15, 0.2) is 54.6 Å². The van der Waals surface area contributed by atoms with Crippen LogP contribution in [0.2, 0.25) is 0 Å². The molecule has 0 aliphatic rings. The number of thiazole rings is 1. The Morgan fingerprint density at radius 3 is 2.41 bits per heavy atom. The van der Waals surface area contributed by atoms with Gasteiger partial charge in [-0.25, -0.2) is 4.98 Å². The Hall–Kier alpha value is -3.45. The van der Waals surface area contributed by atoms with Gasteiger partial charge in [0.1, 0.15) is 0 Å². The quantitative estimate of drug-likeness (QED) is 0.454. The molecule has 29 heavy (non-hydrogen) atoms. The Kier molecular flexibility index (Phi) is 6.41. The number of ether oxygens (including phenoxy) is 2. The molecule has 0 unspecified atom stereocenters. The van der Waals surface area contributed by atoms with Gasteiger partial charge in [0, 0.05) is 18.6 Å². The molecule has 1 heterocycles. The first-order valence-corrected chi connectivity index (χ1v) is 9.61. The molecule has 6 nitrogen and oxygen atoms in total. The summed E-state index contributed by atoms with van der Waals surface area (Å²) < 4.78 is 10.5. The van der Waals surface area contributed by atoms with Crippen molar-refractivity contribution >= 4 is 34.2 Å². The number of carbonyl (C=O) groups is 2. The minimum atomic E-state index is -0.344. The summed E-state index contributed by atoms with van der Waals surface area (Å²) in [6.45, 7) is 1.49. The molecule has 2 aromatic carbocycles. The highest BCUT2D eigenvalue weighted by Crippen LogP contribution is 2.31. The van der Waals surface area contributed by atoms with Crippen molar-refractivity contribution in [3.05, 3.63) is 65.0 Å². The van der Waals surface area contributed by atoms with Crippen LogP contribution in [0.25, 0.3) is 17.3 Å². The lowest BCUT2D eigenvalue weighted by Crippen LogP contribution is -2.07. The fourth-order valence-corrected chi connectivity index (χ4v) is 3.57. The minimum absolute atomic E-state index is 0.0947. The van der Waals surface area contributed by atoms with Crippen molar-refractivity contribution in [1.29, 1.82) is 0 Å². The van der Waals surface area contributed by atoms with E-state index in [0.717, 1.165) is 22.5 Å². The molecule has 148 valence electrons. The molecule has 0 saturated heterocycles. The second-order valence-electron chi connectivity index (χ2n) is 6.06. The maximum atomic E-state index is 12.3. The lowest BCUT2D eigenvalue weighted by molar-refractivity contribution is -0.111. The van der Waals surface area contributed by atoms with Crippen LogP contribution in [0.3, 0.4) is 0 Å². The summed E-state index contributed by atoms with van der Waals surface area (Å²) in [5, 5.41) is 3.09. The van der Waals surface area contributed by atoms with Gasteiger partial charge in [-0.1, -0.05) is 47.7 Å². The number of amides is 1. The Morgan fingerprint density at radius 2 is 1.76 bits per heavy atom. The molecule has 0 aliphatic carbocycles. The standard InChI is InChI=1S/C22H20N2O4S/c1-14(25)21-20(16-7-5-4-6-8-16)24-22(29-21)23-19(26)12-10-15-9-11-17(27-2)18(13-15)28-3/h4-13H,1-3H3,(H,23,24,26)/b12-10+. The van der Waals surface area contributed by atoms with Crippen LogP contribution >= 0.6 is 11.3 Å². The van der Waals surface area contributed by atoms with Gasteiger partial charge in [-0.05, 0) is 23.8 Å². The molecule has 0 fully saturated rings. The van der Waals surface area contributed by atoms with Gasteiger partial charge >= 0.3 is 0 Å². The van der Waals surface area contributed by atoms with Gasteiger partial charge in [0.25, 0.3) is 0 Å². The minimum Gasteiger partial charge on any atom is -0.493 e. The second kappa shape index (κ2) is 9.16. The fourth-order valence-electron chi connectivity index (χ4n) is 2.68. The van der Waals surface area contributed by atoms with E-state index >= 15 is 0 Å². The zero-order valence-corrected chi connectivity index (χ0v) is 17.1. The summed E-state index contributed by atoms with van der Waals surface area (Å²) >= 11 is 1.16. The van der Waals surface area contributed by atoms with Crippen LogP contribution < -0.4 is 14.8 Å². The van der Waals surface area contributed by atoms with Crippen LogP contribution in [-0.2, 0) is 4.79 Å². The molecule has 3 aromatic rings. The number of carbonyl (C=O) groups excluding carboxylic acids is 2. The zero-order valence-electron chi connectivity index (χ0n) is 16.3. The predicted octanol–water partition coefficient (Wildman–Crippen LogP) is 4.68. The molecule has 1 amide bonds. The van der Waals surface area contributed by atoms with Crippen LogP contribution in [0, 0.1) is 0 Å². The molecule has 0 aliphatic heterocycles. The molecule has 0 atom stereocenters. The van der Waals surface area contributed by atoms with Crippen molar-refractivity contribution < 1.29 is 19.1 Å². The maximum absolute atomic E-state index is 12.3. The SMILES string of the molecule is COc1ccc(/C=C/C(=O)Nc2nc(-c3ccccc3)c(C(C)=O)s2)cc1OC. The molecule has 3 rings (SSSR count). The average molecular weight is 408 g/mol. The lowest BCUT2D eigenvalue weighted by atomic mass is 10.1. The summed E-state index contributed by atoms with van der Waals surface area (Å²) in [5.41, 5.74) is 2.18. The van der Waals surface area contributed by atoms with E-state index < -0.39 is 0 Å². The van der Waals surface area contributed by atoms with Crippen molar-refractivity contribution in [3.8, 4) is 22.8 Å². The number of ketones is 1. The fraction of sp³-hybridized carbons (Fsp3) is 0.136. The number of hydrogen-bond donors (Lipinski definition) is 1. The number of methoxy groups -OCH3 is 2. The van der Waals surface area contributed by atoms with Crippen molar-refractivity contribution in [1.82, 2.24) is 4.98 Å². The van der Waals surface area contributed by atoms with E-state index in [9.17, 15) is 9.59 Å². The first kappa shape index (κ1) is 20.3. The summed E-state index contributed by atoms with van der Waals surface area (Å²) in [7, 11) is 3.12. The van der Waals surface area contributed by atoms with Crippen LogP contribution in [-0.4, -0.2) is 30.9 Å². The van der Waals surface area contributed by atoms with Gasteiger partial charge in [-0.3, -0.25) is 14.9 Å². The van der Waals surface area contributed by atoms with Crippen molar-refractivity contribution in [3.63, 3.8) is 0 Å². The third-order valence-corrected chi connectivity index (χ3v) is 5.13. The Balaban J connectivity index is 1.77. The zero-order chi connectivity index (χ0) is 20.8. The van der Waals surface area contributed by atoms with Gasteiger partial charge in [-0.15, -0.1) is 0 Å². The normalized spacial score (nSPS) is 10.7. The highest BCUT2D eigenvalue weighted by atomic mass is 32.1. The molecule has 0 bridgehead atoms. The molecular weight excluding hydrogens is 388 g/mol. The number of Topliss-reactive ketones (excluding diaryl/α,β-unsaturated/α-hetero) is 1. The van der Waals surface area contributed by atoms with E-state index in [4.69, 9.17) is 9.47 Å². The second-order valence-corrected chi connectivity index (χ2v) is 7.06. The van der Waals surface area contributed by atoms with Crippen molar-refractivity contribution in [2.24, 2.45) is 0 Å². The molecule has 0 spiro atoms. The highest BCUT2D eigenvalue weighted by molar-refractivity contribution is 7.18.